The van der Waals surface area contributed by atoms with Crippen LogP contribution in [0.15, 0.2) is 40.9 Å². The highest BCUT2D eigenvalue weighted by Gasteiger charge is 2.36. The van der Waals surface area contributed by atoms with Crippen LogP contribution >= 0.6 is 15.9 Å². The van der Waals surface area contributed by atoms with Gasteiger partial charge in [-0.05, 0) is 40.7 Å². The zero-order chi connectivity index (χ0) is 22.3. The van der Waals surface area contributed by atoms with Crippen LogP contribution in [0.5, 0.6) is 5.75 Å². The van der Waals surface area contributed by atoms with Crippen LogP contribution in [-0.2, 0) is 23.0 Å². The van der Waals surface area contributed by atoms with Crippen LogP contribution in [0, 0.1) is 0 Å². The second-order valence-corrected chi connectivity index (χ2v) is 11.9. The lowest BCUT2D eigenvalue weighted by molar-refractivity contribution is -0.921. The molecule has 164 valence electrons. The molecule has 3 rings (SSSR count). The Hall–Kier alpha value is -1.36. The molecule has 2 aromatic rings. The Morgan fingerprint density at radius 3 is 1.80 bits per heavy atom. The van der Waals surface area contributed by atoms with E-state index in [0.29, 0.717) is 5.75 Å². The third-order valence-electron chi connectivity index (χ3n) is 6.41. The Labute approximate surface area is 190 Å². The van der Waals surface area contributed by atoms with E-state index < -0.39 is 5.60 Å². The summed E-state index contributed by atoms with van der Waals surface area (Å²) in [5.74, 6) is 0.442. The molecule has 2 aromatic carbocycles. The topological polar surface area (TPSA) is 44.9 Å². The second kappa shape index (κ2) is 8.29. The normalized spacial score (nSPS) is 22.9. The number of aromatic hydroxyl groups is 1. The van der Waals surface area contributed by atoms with E-state index in [-0.39, 0.29) is 10.8 Å². The summed E-state index contributed by atoms with van der Waals surface area (Å²) < 4.78 is 1.04. The highest BCUT2D eigenvalue weighted by molar-refractivity contribution is 9.10. The molecule has 0 spiro atoms. The second-order valence-electron chi connectivity index (χ2n) is 11.0. The van der Waals surface area contributed by atoms with Gasteiger partial charge >= 0.3 is 0 Å². The van der Waals surface area contributed by atoms with Gasteiger partial charge in [0.25, 0.3) is 0 Å². The van der Waals surface area contributed by atoms with Crippen molar-refractivity contribution in [3.63, 3.8) is 0 Å². The zero-order valence-electron chi connectivity index (χ0n) is 19.3. The molecule has 0 amide bonds. The van der Waals surface area contributed by atoms with E-state index in [0.717, 1.165) is 53.6 Å². The number of rotatable bonds is 3. The van der Waals surface area contributed by atoms with E-state index in [1.807, 2.05) is 24.3 Å². The van der Waals surface area contributed by atoms with Crippen molar-refractivity contribution in [2.45, 2.75) is 77.4 Å². The first-order chi connectivity index (χ1) is 13.8. The van der Waals surface area contributed by atoms with E-state index in [1.165, 1.54) is 10.5 Å². The maximum atomic E-state index is 11.2. The quantitative estimate of drug-likeness (QED) is 0.596. The van der Waals surface area contributed by atoms with E-state index in [9.17, 15) is 10.2 Å². The number of likely N-dealkylation sites (tertiary alicyclic amines) is 1. The molecule has 30 heavy (non-hydrogen) atoms. The highest BCUT2D eigenvalue weighted by atomic mass is 79.9. The van der Waals surface area contributed by atoms with Gasteiger partial charge in [-0.1, -0.05) is 69.6 Å². The summed E-state index contributed by atoms with van der Waals surface area (Å²) in [4.78, 5) is 1.49. The van der Waals surface area contributed by atoms with Crippen molar-refractivity contribution in [3.05, 3.63) is 63.1 Å². The third-order valence-corrected chi connectivity index (χ3v) is 6.93. The number of hydrogen-bond donors (Lipinski definition) is 3. The molecule has 0 aromatic heterocycles. The van der Waals surface area contributed by atoms with Gasteiger partial charge in [-0.2, -0.15) is 0 Å². The van der Waals surface area contributed by atoms with E-state index in [1.54, 1.807) is 0 Å². The summed E-state index contributed by atoms with van der Waals surface area (Å²) >= 11 is 3.47. The lowest BCUT2D eigenvalue weighted by Gasteiger charge is -2.36. The van der Waals surface area contributed by atoms with Gasteiger partial charge in [0, 0.05) is 34.0 Å². The fraction of sp³-hybridized carbons (Fsp3) is 0.538. The molecule has 3 N–H and O–H groups in total. The molecule has 1 saturated heterocycles. The van der Waals surface area contributed by atoms with Gasteiger partial charge in [0.2, 0.25) is 0 Å². The van der Waals surface area contributed by atoms with Crippen molar-refractivity contribution in [2.24, 2.45) is 0 Å². The molecular weight excluding hydrogens is 438 g/mol. The number of quaternary nitrogens is 1. The molecule has 0 bridgehead atoms. The number of benzene rings is 2. The maximum Gasteiger partial charge on any atom is 0.123 e. The Kier molecular flexibility index (Phi) is 6.44. The number of piperidine rings is 1. The average molecular weight is 475 g/mol. The van der Waals surface area contributed by atoms with Crippen molar-refractivity contribution in [2.75, 3.05) is 13.1 Å². The third kappa shape index (κ3) is 5.09. The zero-order valence-corrected chi connectivity index (χ0v) is 20.9. The van der Waals surface area contributed by atoms with Gasteiger partial charge in [0.1, 0.15) is 17.9 Å². The molecule has 4 heteroatoms. The first-order valence-corrected chi connectivity index (χ1v) is 11.8. The van der Waals surface area contributed by atoms with Gasteiger partial charge < -0.3 is 15.1 Å². The number of hydrogen-bond acceptors (Lipinski definition) is 2. The Balaban J connectivity index is 1.80. The number of phenolic OH excluding ortho intramolecular Hbond substituents is 1. The first kappa shape index (κ1) is 23.3. The lowest BCUT2D eigenvalue weighted by Crippen LogP contribution is -3.12. The number of phenols is 1. The standard InChI is InChI=1S/C26H36BrNO2/c1-24(2,3)21-15-18(16-22(23(21)29)25(4,5)6)17-28-13-11-26(30,12-14-28)19-7-9-20(27)10-8-19/h7-10,15-16,29-30H,11-14,17H2,1-6H3/p+1. The molecular formula is C26H37BrNO2+. The molecule has 0 saturated carbocycles. The van der Waals surface area contributed by atoms with Crippen molar-refractivity contribution in [3.8, 4) is 5.75 Å². The fourth-order valence-corrected chi connectivity index (χ4v) is 4.74. The summed E-state index contributed by atoms with van der Waals surface area (Å²) in [6, 6.07) is 12.4. The van der Waals surface area contributed by atoms with Gasteiger partial charge in [-0.3, -0.25) is 0 Å². The minimum Gasteiger partial charge on any atom is -0.507 e. The van der Waals surface area contributed by atoms with E-state index in [4.69, 9.17) is 0 Å². The Morgan fingerprint density at radius 2 is 1.37 bits per heavy atom. The van der Waals surface area contributed by atoms with Crippen LogP contribution in [0.3, 0.4) is 0 Å². The monoisotopic (exact) mass is 474 g/mol. The van der Waals surface area contributed by atoms with Crippen molar-refractivity contribution < 1.29 is 15.1 Å². The summed E-state index contributed by atoms with van der Waals surface area (Å²) in [5, 5.41) is 22.2. The lowest BCUT2D eigenvalue weighted by atomic mass is 9.78. The van der Waals surface area contributed by atoms with E-state index in [2.05, 4.69) is 69.6 Å². The molecule has 1 aliphatic heterocycles. The minimum atomic E-state index is -0.730. The largest absolute Gasteiger partial charge is 0.507 e. The molecule has 3 nitrogen and oxygen atoms in total. The molecule has 0 radical (unpaired) electrons. The number of halogens is 1. The predicted octanol–water partition coefficient (Wildman–Crippen LogP) is 4.82. The molecule has 1 aliphatic rings. The average Bonchev–Trinajstić information content (AvgIpc) is 2.63. The molecule has 0 aliphatic carbocycles. The molecule has 1 heterocycles. The van der Waals surface area contributed by atoms with Crippen LogP contribution in [0.2, 0.25) is 0 Å². The minimum absolute atomic E-state index is 0.112. The van der Waals surface area contributed by atoms with Crippen LogP contribution in [0.4, 0.5) is 0 Å². The van der Waals surface area contributed by atoms with Crippen LogP contribution in [-0.4, -0.2) is 23.3 Å². The molecule has 0 unspecified atom stereocenters. The van der Waals surface area contributed by atoms with Gasteiger partial charge in [-0.15, -0.1) is 0 Å². The molecule has 0 atom stereocenters. The van der Waals surface area contributed by atoms with E-state index >= 15 is 0 Å². The summed E-state index contributed by atoms with van der Waals surface area (Å²) in [6.45, 7) is 15.7. The first-order valence-electron chi connectivity index (χ1n) is 11.0. The van der Waals surface area contributed by atoms with Crippen LogP contribution in [0.1, 0.15) is 76.6 Å². The molecule has 1 fully saturated rings. The Morgan fingerprint density at radius 1 is 0.900 bits per heavy atom. The predicted molar refractivity (Wildman–Crippen MR) is 127 cm³/mol. The summed E-state index contributed by atoms with van der Waals surface area (Å²) in [7, 11) is 0. The van der Waals surface area contributed by atoms with Crippen LogP contribution in [0.25, 0.3) is 0 Å². The fourth-order valence-electron chi connectivity index (χ4n) is 4.47. The van der Waals surface area contributed by atoms with Crippen molar-refractivity contribution in [1.82, 2.24) is 0 Å². The number of aliphatic hydroxyl groups is 1. The van der Waals surface area contributed by atoms with Gasteiger partial charge in [0.15, 0.2) is 0 Å². The highest BCUT2D eigenvalue weighted by Crippen LogP contribution is 2.39. The SMILES string of the molecule is CC(C)(C)c1cc(C[NH+]2CCC(O)(c3ccc(Br)cc3)CC2)cc(C(C)(C)C)c1O. The van der Waals surface area contributed by atoms with Crippen LogP contribution < -0.4 is 4.90 Å². The summed E-state index contributed by atoms with van der Waals surface area (Å²) in [6.07, 6.45) is 1.53. The van der Waals surface area contributed by atoms with Crippen molar-refractivity contribution in [1.29, 1.82) is 0 Å². The Bertz CT molecular complexity index is 848. The smallest absolute Gasteiger partial charge is 0.123 e. The van der Waals surface area contributed by atoms with Gasteiger partial charge in [-0.25, -0.2) is 0 Å². The van der Waals surface area contributed by atoms with Crippen molar-refractivity contribution >= 4 is 15.9 Å². The van der Waals surface area contributed by atoms with Gasteiger partial charge in [0.05, 0.1) is 13.1 Å². The summed E-state index contributed by atoms with van der Waals surface area (Å²) in [5.41, 5.74) is 3.37. The number of nitrogens with one attached hydrogen (secondary N) is 1. The maximum absolute atomic E-state index is 11.2.